The van der Waals surface area contributed by atoms with Crippen molar-refractivity contribution in [2.24, 2.45) is 11.8 Å². The minimum Gasteiger partial charge on any atom is -0.481 e. The van der Waals surface area contributed by atoms with Crippen LogP contribution in [-0.4, -0.2) is 21.8 Å². The van der Waals surface area contributed by atoms with E-state index < -0.39 is 23.6 Å². The van der Waals surface area contributed by atoms with Gasteiger partial charge in [-0.25, -0.2) is 4.39 Å². The Labute approximate surface area is 201 Å². The predicted molar refractivity (Wildman–Crippen MR) is 132 cm³/mol. The van der Waals surface area contributed by atoms with Gasteiger partial charge in [0.2, 0.25) is 0 Å². The van der Waals surface area contributed by atoms with E-state index in [1.54, 1.807) is 42.5 Å². The highest BCUT2D eigenvalue weighted by atomic mass is 19.1. The van der Waals surface area contributed by atoms with Gasteiger partial charge < -0.3 is 14.8 Å². The first-order valence-electron chi connectivity index (χ1n) is 11.4. The number of nitrogens with zero attached hydrogens (tertiary/aromatic N) is 1. The van der Waals surface area contributed by atoms with Crippen LogP contribution in [0.5, 0.6) is 0 Å². The van der Waals surface area contributed by atoms with Crippen LogP contribution < -0.4 is 5.32 Å². The first kappa shape index (κ1) is 22.5. The molecule has 2 atom stereocenters. The van der Waals surface area contributed by atoms with Gasteiger partial charge in [-0.2, -0.15) is 4.98 Å². The van der Waals surface area contributed by atoms with Crippen molar-refractivity contribution >= 4 is 40.6 Å². The molecule has 1 heterocycles. The molecule has 1 aromatic heterocycles. The summed E-state index contributed by atoms with van der Waals surface area (Å²) in [6.07, 6.45) is 3.57. The Kier molecular flexibility index (Phi) is 5.91. The lowest BCUT2D eigenvalue weighted by Crippen LogP contribution is -2.25. The highest BCUT2D eigenvalue weighted by Gasteiger charge is 2.37. The van der Waals surface area contributed by atoms with Crippen LogP contribution in [0.1, 0.15) is 35.2 Å². The number of Topliss-reactive ketones (excluding diaryl/α,β-unsaturated/α-hetero) is 1. The fourth-order valence-electron chi connectivity index (χ4n) is 4.64. The van der Waals surface area contributed by atoms with Crippen LogP contribution in [0.4, 0.5) is 16.1 Å². The van der Waals surface area contributed by atoms with Crippen molar-refractivity contribution in [1.82, 2.24) is 4.98 Å². The number of fused-ring (bicyclic) bond motifs is 1. The van der Waals surface area contributed by atoms with Gasteiger partial charge in [0.15, 0.2) is 11.4 Å². The van der Waals surface area contributed by atoms with E-state index in [0.717, 1.165) is 17.5 Å². The Morgan fingerprint density at radius 2 is 1.77 bits per heavy atom. The highest BCUT2D eigenvalue weighted by molar-refractivity contribution is 6.00. The number of halogens is 1. The number of rotatable bonds is 7. The number of oxazole rings is 1. The number of aromatic nitrogens is 1. The van der Waals surface area contributed by atoms with Gasteiger partial charge in [-0.15, -0.1) is 0 Å². The van der Waals surface area contributed by atoms with E-state index in [0.29, 0.717) is 35.1 Å². The third kappa shape index (κ3) is 4.45. The number of carboxylic acid groups (broad SMARTS) is 1. The van der Waals surface area contributed by atoms with Crippen molar-refractivity contribution in [3.63, 3.8) is 0 Å². The minimum absolute atomic E-state index is 0.147. The summed E-state index contributed by atoms with van der Waals surface area (Å²) in [5.41, 5.74) is 4.20. The van der Waals surface area contributed by atoms with E-state index in [9.17, 15) is 19.1 Å². The molecule has 0 unspecified atom stereocenters. The molecule has 7 heteroatoms. The molecule has 2 N–H and O–H groups in total. The average molecular weight is 471 g/mol. The van der Waals surface area contributed by atoms with Crippen molar-refractivity contribution in [3.8, 4) is 11.1 Å². The van der Waals surface area contributed by atoms with Crippen LogP contribution in [0, 0.1) is 17.7 Å². The Bertz CT molecular complexity index is 1440. The lowest BCUT2D eigenvalue weighted by molar-refractivity contribution is -0.142. The zero-order valence-electron chi connectivity index (χ0n) is 18.8. The van der Waals surface area contributed by atoms with Crippen molar-refractivity contribution in [2.75, 3.05) is 5.32 Å². The predicted octanol–water partition coefficient (Wildman–Crippen LogP) is 6.70. The SMILES string of the molecule is C=Cc1ccc2nc(Nc3ccc(-c4ccc(C(=O)[C@@H]5CCC[C@H]5C(=O)O)cc4)cc3F)oc2c1. The largest absolute Gasteiger partial charge is 0.481 e. The topological polar surface area (TPSA) is 92.4 Å². The van der Waals surface area contributed by atoms with Gasteiger partial charge in [-0.1, -0.05) is 55.5 Å². The van der Waals surface area contributed by atoms with Gasteiger partial charge in [0.25, 0.3) is 6.01 Å². The van der Waals surface area contributed by atoms with E-state index in [-0.39, 0.29) is 17.5 Å². The zero-order valence-corrected chi connectivity index (χ0v) is 18.8. The number of anilines is 2. The molecule has 0 spiro atoms. The third-order valence-corrected chi connectivity index (χ3v) is 6.53. The molecule has 5 rings (SSSR count). The van der Waals surface area contributed by atoms with Gasteiger partial charge >= 0.3 is 5.97 Å². The molecule has 1 aliphatic rings. The second kappa shape index (κ2) is 9.18. The number of ketones is 1. The van der Waals surface area contributed by atoms with Crippen molar-refractivity contribution < 1.29 is 23.5 Å². The Morgan fingerprint density at radius 1 is 1.03 bits per heavy atom. The van der Waals surface area contributed by atoms with Gasteiger partial charge in [0, 0.05) is 11.5 Å². The number of carbonyl (C=O) groups is 2. The van der Waals surface area contributed by atoms with Crippen LogP contribution in [0.25, 0.3) is 28.3 Å². The molecule has 0 aliphatic heterocycles. The molecule has 1 saturated carbocycles. The first-order chi connectivity index (χ1) is 16.9. The van der Waals surface area contributed by atoms with Gasteiger partial charge in [-0.3, -0.25) is 9.59 Å². The summed E-state index contributed by atoms with van der Waals surface area (Å²) < 4.78 is 20.6. The van der Waals surface area contributed by atoms with Crippen LogP contribution in [-0.2, 0) is 4.79 Å². The summed E-state index contributed by atoms with van der Waals surface area (Å²) >= 11 is 0. The number of carboxylic acids is 1. The summed E-state index contributed by atoms with van der Waals surface area (Å²) in [5.74, 6) is -2.66. The first-order valence-corrected chi connectivity index (χ1v) is 11.4. The van der Waals surface area contributed by atoms with E-state index in [4.69, 9.17) is 4.42 Å². The number of nitrogens with one attached hydrogen (secondary N) is 1. The summed E-state index contributed by atoms with van der Waals surface area (Å²) in [6, 6.07) is 17.3. The smallest absolute Gasteiger partial charge is 0.307 e. The van der Waals surface area contributed by atoms with E-state index in [1.165, 1.54) is 6.07 Å². The van der Waals surface area contributed by atoms with Crippen LogP contribution >= 0.6 is 0 Å². The van der Waals surface area contributed by atoms with Crippen LogP contribution in [0.2, 0.25) is 0 Å². The maximum absolute atomic E-state index is 14.9. The lowest BCUT2D eigenvalue weighted by Gasteiger charge is -2.14. The summed E-state index contributed by atoms with van der Waals surface area (Å²) in [4.78, 5) is 28.6. The molecule has 1 aliphatic carbocycles. The van der Waals surface area contributed by atoms with E-state index >= 15 is 0 Å². The van der Waals surface area contributed by atoms with Crippen molar-refractivity contribution in [1.29, 1.82) is 0 Å². The molecule has 6 nitrogen and oxygen atoms in total. The zero-order chi connectivity index (χ0) is 24.5. The van der Waals surface area contributed by atoms with Gasteiger partial charge in [0.1, 0.15) is 11.3 Å². The van der Waals surface area contributed by atoms with E-state index in [2.05, 4.69) is 16.9 Å². The fourth-order valence-corrected chi connectivity index (χ4v) is 4.64. The molecular formula is C28H23FN2O4. The molecule has 1 fully saturated rings. The van der Waals surface area contributed by atoms with Crippen LogP contribution in [0.3, 0.4) is 0 Å². The maximum Gasteiger partial charge on any atom is 0.307 e. The van der Waals surface area contributed by atoms with Crippen molar-refractivity contribution in [2.45, 2.75) is 19.3 Å². The molecule has 0 radical (unpaired) electrons. The quantitative estimate of drug-likeness (QED) is 0.292. The average Bonchev–Trinajstić information content (AvgIpc) is 3.51. The molecular weight excluding hydrogens is 447 g/mol. The van der Waals surface area contributed by atoms with E-state index in [1.807, 2.05) is 18.2 Å². The normalized spacial score (nSPS) is 17.4. The number of carbonyl (C=O) groups excluding carboxylic acids is 1. The molecule has 0 saturated heterocycles. The maximum atomic E-state index is 14.9. The molecule has 4 aromatic rings. The third-order valence-electron chi connectivity index (χ3n) is 6.53. The second-order valence-corrected chi connectivity index (χ2v) is 8.69. The number of hydrogen-bond donors (Lipinski definition) is 2. The molecule has 3 aromatic carbocycles. The molecule has 0 bridgehead atoms. The molecule has 35 heavy (non-hydrogen) atoms. The number of hydrogen-bond acceptors (Lipinski definition) is 5. The molecule has 0 amide bonds. The monoisotopic (exact) mass is 470 g/mol. The summed E-state index contributed by atoms with van der Waals surface area (Å²) in [7, 11) is 0. The fraction of sp³-hybridized carbons (Fsp3) is 0.179. The lowest BCUT2D eigenvalue weighted by atomic mass is 9.88. The number of benzene rings is 3. The molecule has 176 valence electrons. The standard InChI is InChI=1S/C28H23FN2O4/c1-2-16-6-12-24-25(14-16)35-28(31-24)30-23-13-11-19(15-22(23)29)17-7-9-18(10-8-17)26(32)20-4-3-5-21(20)27(33)34/h2,6-15,20-21H,1,3-5H2,(H,30,31)(H,33,34)/t20-,21-/m1/s1. The van der Waals surface area contributed by atoms with Crippen molar-refractivity contribution in [3.05, 3.63) is 84.2 Å². The minimum atomic E-state index is -0.916. The second-order valence-electron chi connectivity index (χ2n) is 8.69. The Balaban J connectivity index is 1.32. The van der Waals surface area contributed by atoms with Gasteiger partial charge in [0.05, 0.1) is 11.6 Å². The number of aliphatic carboxylic acids is 1. The highest BCUT2D eigenvalue weighted by Crippen LogP contribution is 2.35. The van der Waals surface area contributed by atoms with Crippen LogP contribution in [0.15, 0.2) is 71.7 Å². The Hall–Kier alpha value is -4.26. The van der Waals surface area contributed by atoms with Gasteiger partial charge in [-0.05, 0) is 53.8 Å². The summed E-state index contributed by atoms with van der Waals surface area (Å²) in [5, 5.41) is 12.2. The Morgan fingerprint density at radius 3 is 2.49 bits per heavy atom. The summed E-state index contributed by atoms with van der Waals surface area (Å²) in [6.45, 7) is 3.73.